The molecule has 5 aromatic rings. The van der Waals surface area contributed by atoms with E-state index in [2.05, 4.69) is 56.7 Å². The number of amides is 2. The van der Waals surface area contributed by atoms with Crippen molar-refractivity contribution in [1.29, 1.82) is 0 Å². The summed E-state index contributed by atoms with van der Waals surface area (Å²) in [6, 6.07) is 24.4. The summed E-state index contributed by atoms with van der Waals surface area (Å²) >= 11 is 0. The lowest BCUT2D eigenvalue weighted by Gasteiger charge is -2.31. The summed E-state index contributed by atoms with van der Waals surface area (Å²) < 4.78 is 17.2. The molecule has 0 spiro atoms. The van der Waals surface area contributed by atoms with E-state index in [9.17, 15) is 28.7 Å². The van der Waals surface area contributed by atoms with E-state index in [1.165, 1.54) is 14.7 Å². The van der Waals surface area contributed by atoms with Crippen molar-refractivity contribution in [3.8, 4) is 16.8 Å². The van der Waals surface area contributed by atoms with Crippen LogP contribution in [0.15, 0.2) is 101 Å². The number of nitrogens with zero attached hydrogens (tertiary/aromatic N) is 5. The molecule has 1 aliphatic heterocycles. The number of halogens is 1. The molecule has 0 radical (unpaired) electrons. The third kappa shape index (κ3) is 8.84. The summed E-state index contributed by atoms with van der Waals surface area (Å²) in [7, 11) is 2.16. The van der Waals surface area contributed by atoms with Gasteiger partial charge in [0, 0.05) is 38.1 Å². The van der Waals surface area contributed by atoms with E-state index in [0.29, 0.717) is 31.4 Å². The van der Waals surface area contributed by atoms with Crippen LogP contribution in [0.4, 0.5) is 9.18 Å². The van der Waals surface area contributed by atoms with Gasteiger partial charge in [-0.05, 0) is 92.7 Å². The molecule has 2 aromatic heterocycles. The lowest BCUT2D eigenvalue weighted by molar-refractivity contribution is -0.124. The van der Waals surface area contributed by atoms with Crippen LogP contribution in [-0.2, 0) is 17.8 Å². The zero-order chi connectivity index (χ0) is 38.5. The molecule has 1 aliphatic carbocycles. The van der Waals surface area contributed by atoms with Gasteiger partial charge in [-0.3, -0.25) is 19.1 Å². The Labute approximate surface area is 318 Å². The number of hydrogen-bond donors (Lipinski definition) is 3. The van der Waals surface area contributed by atoms with Gasteiger partial charge in [-0.1, -0.05) is 66.7 Å². The predicted molar refractivity (Wildman–Crippen MR) is 209 cm³/mol. The van der Waals surface area contributed by atoms with E-state index in [4.69, 9.17) is 0 Å². The van der Waals surface area contributed by atoms with Gasteiger partial charge in [-0.25, -0.2) is 23.5 Å². The molecule has 2 aliphatic rings. The lowest BCUT2D eigenvalue weighted by atomic mass is 9.90. The number of aromatic nitrogens is 3. The van der Waals surface area contributed by atoms with Gasteiger partial charge in [-0.15, -0.1) is 0 Å². The molecule has 7 rings (SSSR count). The summed E-state index contributed by atoms with van der Waals surface area (Å²) in [5, 5.41) is 14.7. The highest BCUT2D eigenvalue weighted by Crippen LogP contribution is 2.29. The highest BCUT2D eigenvalue weighted by Gasteiger charge is 2.30. The predicted octanol–water partition coefficient (Wildman–Crippen LogP) is 4.97. The van der Waals surface area contributed by atoms with Crippen molar-refractivity contribution in [1.82, 2.24) is 34.6 Å². The maximum absolute atomic E-state index is 14.6. The van der Waals surface area contributed by atoms with Crippen molar-refractivity contribution < 1.29 is 19.1 Å². The van der Waals surface area contributed by atoms with E-state index in [-0.39, 0.29) is 23.5 Å². The normalized spacial score (nSPS) is 18.7. The van der Waals surface area contributed by atoms with Crippen LogP contribution in [0, 0.1) is 5.82 Å². The van der Waals surface area contributed by atoms with Crippen LogP contribution in [0.3, 0.4) is 0 Å². The Kier molecular flexibility index (Phi) is 11.5. The van der Waals surface area contributed by atoms with Gasteiger partial charge in [0.1, 0.15) is 11.9 Å². The molecule has 3 aromatic carbocycles. The number of rotatable bonds is 10. The van der Waals surface area contributed by atoms with Gasteiger partial charge in [0.05, 0.1) is 17.3 Å². The average Bonchev–Trinajstić information content (AvgIpc) is 3.39. The van der Waals surface area contributed by atoms with Crippen LogP contribution in [0.1, 0.15) is 49.3 Å². The zero-order valence-corrected chi connectivity index (χ0v) is 30.9. The molecule has 55 heavy (non-hydrogen) atoms. The van der Waals surface area contributed by atoms with E-state index in [1.807, 2.05) is 48.5 Å². The van der Waals surface area contributed by atoms with Crippen LogP contribution < -0.4 is 21.9 Å². The Bertz CT molecular complexity index is 2270. The fraction of sp³-hybridized carbons (Fsp3) is 0.357. The van der Waals surface area contributed by atoms with Crippen molar-refractivity contribution in [3.05, 3.63) is 129 Å². The van der Waals surface area contributed by atoms with Gasteiger partial charge in [-0.2, -0.15) is 0 Å². The second kappa shape index (κ2) is 16.8. The molecule has 286 valence electrons. The smallest absolute Gasteiger partial charge is 0.405 e. The van der Waals surface area contributed by atoms with Gasteiger partial charge >= 0.3 is 11.8 Å². The van der Waals surface area contributed by atoms with Gasteiger partial charge < -0.3 is 20.6 Å². The molecule has 1 atom stereocenters. The molecule has 1 saturated carbocycles. The van der Waals surface area contributed by atoms with Crippen molar-refractivity contribution in [2.45, 2.75) is 63.2 Å². The topological polar surface area (TPSA) is 142 Å². The van der Waals surface area contributed by atoms with Crippen LogP contribution in [0.2, 0.25) is 0 Å². The van der Waals surface area contributed by atoms with Gasteiger partial charge in [0.25, 0.3) is 5.56 Å². The molecule has 1 saturated heterocycles. The zero-order valence-electron chi connectivity index (χ0n) is 30.9. The summed E-state index contributed by atoms with van der Waals surface area (Å²) in [6.07, 6.45) is 2.73. The Morgan fingerprint density at radius 3 is 2.38 bits per heavy atom. The molecule has 3 N–H and O–H groups in total. The number of benzene rings is 3. The maximum atomic E-state index is 14.6. The minimum absolute atomic E-state index is 0.00649. The number of pyridine rings is 1. The second-order valence-corrected chi connectivity index (χ2v) is 14.7. The third-order valence-corrected chi connectivity index (χ3v) is 10.8. The molecule has 12 nitrogen and oxygen atoms in total. The average molecular weight is 748 g/mol. The molecular formula is C42H46FN7O5. The first-order valence-corrected chi connectivity index (χ1v) is 18.9. The van der Waals surface area contributed by atoms with Crippen LogP contribution in [0.5, 0.6) is 0 Å². The van der Waals surface area contributed by atoms with E-state index in [0.717, 1.165) is 68.1 Å². The summed E-state index contributed by atoms with van der Waals surface area (Å²) in [5.41, 5.74) is 3.25. The van der Waals surface area contributed by atoms with Crippen LogP contribution >= 0.6 is 0 Å². The molecule has 0 bridgehead atoms. The summed E-state index contributed by atoms with van der Waals surface area (Å²) in [6.45, 7) is 5.14. The SMILES string of the molecule is CN1CCCN(Cc2ccc(-c3cccc(-n4c(=O)n([C@H]5CC[C@@H](NC(=O)[C@H](Cc6ccccc6)NC(=O)O)CC5)c(=O)c5cc(F)cnc54)c3)cc2)CC1. The monoisotopic (exact) mass is 747 g/mol. The van der Waals surface area contributed by atoms with Crippen molar-refractivity contribution in [2.75, 3.05) is 33.2 Å². The molecule has 0 unspecified atom stereocenters. The minimum atomic E-state index is -1.30. The third-order valence-electron chi connectivity index (χ3n) is 10.8. The first-order chi connectivity index (χ1) is 26.6. The Morgan fingerprint density at radius 2 is 1.64 bits per heavy atom. The lowest BCUT2D eigenvalue weighted by Crippen LogP contribution is -2.51. The molecule has 2 amide bonds. The number of likely N-dealkylation sites (N-methyl/N-ethyl adjacent to an activating group) is 1. The largest absolute Gasteiger partial charge is 0.465 e. The number of carbonyl (C=O) groups excluding carboxylic acids is 1. The summed E-state index contributed by atoms with van der Waals surface area (Å²) in [4.78, 5) is 62.1. The van der Waals surface area contributed by atoms with Crippen molar-refractivity contribution in [3.63, 3.8) is 0 Å². The number of hydrogen-bond acceptors (Lipinski definition) is 7. The van der Waals surface area contributed by atoms with Crippen molar-refractivity contribution in [2.24, 2.45) is 0 Å². The molecule has 2 fully saturated rings. The molecular weight excluding hydrogens is 702 g/mol. The van der Waals surface area contributed by atoms with Gasteiger partial charge in [0.2, 0.25) is 5.91 Å². The number of nitrogens with one attached hydrogen (secondary N) is 2. The Balaban J connectivity index is 1.11. The van der Waals surface area contributed by atoms with Crippen molar-refractivity contribution >= 4 is 23.0 Å². The van der Waals surface area contributed by atoms with Crippen LogP contribution in [0.25, 0.3) is 27.8 Å². The Morgan fingerprint density at radius 1 is 0.873 bits per heavy atom. The summed E-state index contributed by atoms with van der Waals surface area (Å²) in [5.74, 6) is -1.13. The number of fused-ring (bicyclic) bond motifs is 1. The standard InChI is InChI=1S/C42H46FN7O5/c1-47-19-6-20-48(22-21-47)27-29-11-13-30(14-12-29)31-9-5-10-35(24-31)49-38-36(25-32(43)26-44-38)40(52)50(42(49)55)34-17-15-33(16-18-34)45-39(51)37(46-41(53)54)23-28-7-3-2-4-8-28/h2-5,7-14,24-26,33-34,37,46H,6,15-23,27H2,1H3,(H,45,51)(H,53,54)/t33-,34+,37-/m0/s1. The number of carboxylic acid groups (broad SMARTS) is 1. The maximum Gasteiger partial charge on any atom is 0.405 e. The van der Waals surface area contributed by atoms with Gasteiger partial charge in [0.15, 0.2) is 5.65 Å². The number of carbonyl (C=O) groups is 2. The first-order valence-electron chi connectivity index (χ1n) is 18.9. The fourth-order valence-electron chi connectivity index (χ4n) is 7.87. The fourth-order valence-corrected chi connectivity index (χ4v) is 7.87. The highest BCUT2D eigenvalue weighted by molar-refractivity contribution is 5.85. The molecule has 3 heterocycles. The molecule has 13 heteroatoms. The second-order valence-electron chi connectivity index (χ2n) is 14.7. The first kappa shape index (κ1) is 37.6. The van der Waals surface area contributed by atoms with E-state index in [1.54, 1.807) is 6.07 Å². The van der Waals surface area contributed by atoms with Crippen LogP contribution in [-0.4, -0.2) is 86.3 Å². The minimum Gasteiger partial charge on any atom is -0.465 e. The van der Waals surface area contributed by atoms with E-state index >= 15 is 0 Å². The van der Waals surface area contributed by atoms with E-state index < -0.39 is 41.2 Å². The highest BCUT2D eigenvalue weighted by atomic mass is 19.1. The Hall–Kier alpha value is -5.66. The quantitative estimate of drug-likeness (QED) is 0.182.